The van der Waals surface area contributed by atoms with E-state index in [1.54, 1.807) is 7.11 Å². The summed E-state index contributed by atoms with van der Waals surface area (Å²) in [4.78, 5) is 5.23. The van der Waals surface area contributed by atoms with Crippen molar-refractivity contribution in [3.05, 3.63) is 21.9 Å². The normalized spacial score (nSPS) is 15.0. The second-order valence-electron chi connectivity index (χ2n) is 4.54. The van der Waals surface area contributed by atoms with Gasteiger partial charge in [-0.25, -0.2) is 0 Å². The molecule has 0 aromatic carbocycles. The van der Waals surface area contributed by atoms with Crippen molar-refractivity contribution in [2.24, 2.45) is 5.73 Å². The minimum absolute atomic E-state index is 0.311. The molecule has 18 heavy (non-hydrogen) atoms. The molecule has 0 spiro atoms. The SMILES string of the molecule is CCc1ccc(C(CN)N(CC)C(C)COC)s1. The second kappa shape index (κ2) is 7.89. The van der Waals surface area contributed by atoms with Crippen molar-refractivity contribution in [1.82, 2.24) is 4.90 Å². The van der Waals surface area contributed by atoms with Crippen molar-refractivity contribution in [1.29, 1.82) is 0 Å². The fraction of sp³-hybridized carbons (Fsp3) is 0.714. The molecule has 0 fully saturated rings. The van der Waals surface area contributed by atoms with Crippen molar-refractivity contribution < 1.29 is 4.74 Å². The van der Waals surface area contributed by atoms with E-state index in [0.29, 0.717) is 18.6 Å². The lowest BCUT2D eigenvalue weighted by Crippen LogP contribution is -2.41. The van der Waals surface area contributed by atoms with E-state index in [-0.39, 0.29) is 0 Å². The molecule has 4 heteroatoms. The van der Waals surface area contributed by atoms with Gasteiger partial charge in [-0.3, -0.25) is 4.90 Å². The van der Waals surface area contributed by atoms with Gasteiger partial charge in [-0.05, 0) is 32.0 Å². The number of hydrogen-bond acceptors (Lipinski definition) is 4. The first kappa shape index (κ1) is 15.6. The fourth-order valence-corrected chi connectivity index (χ4v) is 3.44. The molecular weight excluding hydrogens is 244 g/mol. The molecule has 0 bridgehead atoms. The highest BCUT2D eigenvalue weighted by molar-refractivity contribution is 7.12. The largest absolute Gasteiger partial charge is 0.383 e. The van der Waals surface area contributed by atoms with Crippen LogP contribution in [-0.2, 0) is 11.2 Å². The topological polar surface area (TPSA) is 38.5 Å². The van der Waals surface area contributed by atoms with Crippen LogP contribution in [0.3, 0.4) is 0 Å². The van der Waals surface area contributed by atoms with E-state index < -0.39 is 0 Å². The molecular formula is C14H26N2OS. The number of methoxy groups -OCH3 is 1. The van der Waals surface area contributed by atoms with Crippen LogP contribution in [0.25, 0.3) is 0 Å². The van der Waals surface area contributed by atoms with E-state index in [0.717, 1.165) is 19.6 Å². The number of aryl methyl sites for hydroxylation is 1. The van der Waals surface area contributed by atoms with Crippen molar-refractivity contribution >= 4 is 11.3 Å². The molecule has 1 aromatic heterocycles. The lowest BCUT2D eigenvalue weighted by atomic mass is 10.1. The maximum atomic E-state index is 5.99. The van der Waals surface area contributed by atoms with Gasteiger partial charge >= 0.3 is 0 Å². The molecule has 0 aliphatic heterocycles. The first-order valence-corrected chi connectivity index (χ1v) is 7.52. The molecule has 0 radical (unpaired) electrons. The minimum Gasteiger partial charge on any atom is -0.383 e. The Labute approximate surface area is 115 Å². The zero-order chi connectivity index (χ0) is 13.5. The van der Waals surface area contributed by atoms with E-state index in [9.17, 15) is 0 Å². The van der Waals surface area contributed by atoms with E-state index in [4.69, 9.17) is 10.5 Å². The second-order valence-corrected chi connectivity index (χ2v) is 5.74. The number of likely N-dealkylation sites (N-methyl/N-ethyl adjacent to an activating group) is 1. The van der Waals surface area contributed by atoms with Crippen LogP contribution in [0.2, 0.25) is 0 Å². The van der Waals surface area contributed by atoms with Crippen LogP contribution in [0, 0.1) is 0 Å². The lowest BCUT2D eigenvalue weighted by Gasteiger charge is -2.34. The quantitative estimate of drug-likeness (QED) is 0.789. The molecule has 0 saturated carbocycles. The van der Waals surface area contributed by atoms with Crippen LogP contribution in [0.5, 0.6) is 0 Å². The summed E-state index contributed by atoms with van der Waals surface area (Å²) in [7, 11) is 1.75. The predicted octanol–water partition coefficient (Wildman–Crippen LogP) is 2.67. The summed E-state index contributed by atoms with van der Waals surface area (Å²) in [6.07, 6.45) is 1.10. The van der Waals surface area contributed by atoms with Gasteiger partial charge in [0.25, 0.3) is 0 Å². The molecule has 0 aliphatic carbocycles. The van der Waals surface area contributed by atoms with Crippen molar-refractivity contribution in [3.63, 3.8) is 0 Å². The van der Waals surface area contributed by atoms with Gasteiger partial charge in [-0.1, -0.05) is 13.8 Å². The van der Waals surface area contributed by atoms with Crippen LogP contribution in [-0.4, -0.2) is 37.7 Å². The molecule has 104 valence electrons. The maximum Gasteiger partial charge on any atom is 0.0615 e. The smallest absolute Gasteiger partial charge is 0.0615 e. The van der Waals surface area contributed by atoms with Gasteiger partial charge in [-0.15, -0.1) is 11.3 Å². The van der Waals surface area contributed by atoms with Crippen molar-refractivity contribution in [2.75, 3.05) is 26.8 Å². The molecule has 0 amide bonds. The summed E-state index contributed by atoms with van der Waals surface area (Å²) in [5, 5.41) is 0. The minimum atomic E-state index is 0.311. The molecule has 1 heterocycles. The molecule has 2 unspecified atom stereocenters. The highest BCUT2D eigenvalue weighted by Crippen LogP contribution is 2.28. The monoisotopic (exact) mass is 270 g/mol. The van der Waals surface area contributed by atoms with Crippen LogP contribution >= 0.6 is 11.3 Å². The number of hydrogen-bond donors (Lipinski definition) is 1. The average molecular weight is 270 g/mol. The molecule has 2 atom stereocenters. The Morgan fingerprint density at radius 1 is 1.39 bits per heavy atom. The number of ether oxygens (including phenoxy) is 1. The summed E-state index contributed by atoms with van der Waals surface area (Å²) >= 11 is 1.88. The summed E-state index contributed by atoms with van der Waals surface area (Å²) in [6, 6.07) is 5.15. The average Bonchev–Trinajstić information content (AvgIpc) is 2.84. The summed E-state index contributed by atoms with van der Waals surface area (Å²) < 4.78 is 5.26. The molecule has 1 aromatic rings. The van der Waals surface area contributed by atoms with Gasteiger partial charge in [0, 0.05) is 29.5 Å². The molecule has 1 rings (SSSR count). The lowest BCUT2D eigenvalue weighted by molar-refractivity contribution is 0.0762. The third-order valence-corrected chi connectivity index (χ3v) is 4.65. The number of thiophene rings is 1. The van der Waals surface area contributed by atoms with Crippen molar-refractivity contribution in [3.8, 4) is 0 Å². The van der Waals surface area contributed by atoms with Gasteiger partial charge in [0.05, 0.1) is 12.6 Å². The first-order valence-electron chi connectivity index (χ1n) is 6.71. The first-order chi connectivity index (χ1) is 8.67. The Morgan fingerprint density at radius 2 is 2.11 bits per heavy atom. The molecule has 0 saturated heterocycles. The van der Waals surface area contributed by atoms with Crippen LogP contribution in [0.1, 0.15) is 36.6 Å². The Kier molecular flexibility index (Phi) is 6.86. The summed E-state index contributed by atoms with van der Waals surface area (Å²) in [5.74, 6) is 0. The Hall–Kier alpha value is -0.420. The third-order valence-electron chi connectivity index (χ3n) is 3.32. The maximum absolute atomic E-state index is 5.99. The number of nitrogens with two attached hydrogens (primary N) is 1. The fourth-order valence-electron chi connectivity index (χ4n) is 2.35. The zero-order valence-corrected chi connectivity index (χ0v) is 12.8. The van der Waals surface area contributed by atoms with Gasteiger partial charge < -0.3 is 10.5 Å². The summed E-state index contributed by atoms with van der Waals surface area (Å²) in [5.41, 5.74) is 5.99. The van der Waals surface area contributed by atoms with Gasteiger partial charge in [0.1, 0.15) is 0 Å². The number of rotatable bonds is 8. The molecule has 3 nitrogen and oxygen atoms in total. The highest BCUT2D eigenvalue weighted by Gasteiger charge is 2.23. The van der Waals surface area contributed by atoms with Crippen molar-refractivity contribution in [2.45, 2.75) is 39.3 Å². The predicted molar refractivity (Wildman–Crippen MR) is 79.2 cm³/mol. The third kappa shape index (κ3) is 3.79. The van der Waals surface area contributed by atoms with Gasteiger partial charge in [0.15, 0.2) is 0 Å². The summed E-state index contributed by atoms with van der Waals surface area (Å²) in [6.45, 7) is 8.97. The van der Waals surface area contributed by atoms with Crippen LogP contribution in [0.4, 0.5) is 0 Å². The van der Waals surface area contributed by atoms with Crippen LogP contribution in [0.15, 0.2) is 12.1 Å². The Morgan fingerprint density at radius 3 is 2.56 bits per heavy atom. The van der Waals surface area contributed by atoms with E-state index >= 15 is 0 Å². The number of nitrogens with zero attached hydrogens (tertiary/aromatic N) is 1. The Balaban J connectivity index is 2.85. The van der Waals surface area contributed by atoms with Crippen LogP contribution < -0.4 is 5.73 Å². The zero-order valence-electron chi connectivity index (χ0n) is 12.0. The van der Waals surface area contributed by atoms with E-state index in [1.165, 1.54) is 9.75 Å². The van der Waals surface area contributed by atoms with E-state index in [2.05, 4.69) is 37.8 Å². The Bertz CT molecular complexity index is 340. The standard InChI is InChI=1S/C14H26N2OS/c1-5-12-7-8-14(18-12)13(9-15)16(6-2)11(3)10-17-4/h7-8,11,13H,5-6,9-10,15H2,1-4H3. The van der Waals surface area contributed by atoms with Gasteiger partial charge in [-0.2, -0.15) is 0 Å². The molecule has 2 N–H and O–H groups in total. The highest BCUT2D eigenvalue weighted by atomic mass is 32.1. The molecule has 0 aliphatic rings. The van der Waals surface area contributed by atoms with E-state index in [1.807, 2.05) is 11.3 Å². The van der Waals surface area contributed by atoms with Gasteiger partial charge in [0.2, 0.25) is 0 Å².